The molecule has 5 nitrogen and oxygen atoms in total. The smallest absolute Gasteiger partial charge is 0.241 e. The molecule has 26 heavy (non-hydrogen) atoms. The second-order valence-electron chi connectivity index (χ2n) is 5.88. The highest BCUT2D eigenvalue weighted by Gasteiger charge is 2.06. The van der Waals surface area contributed by atoms with Crippen LogP contribution in [0.4, 0.5) is 0 Å². The molecule has 2 aromatic carbocycles. The van der Waals surface area contributed by atoms with Crippen LogP contribution >= 0.6 is 11.8 Å². The van der Waals surface area contributed by atoms with Gasteiger partial charge in [-0.15, -0.1) is 11.8 Å². The number of hydrogen-bond donors (Lipinski definition) is 2. The Morgan fingerprint density at radius 2 is 1.65 bits per heavy atom. The van der Waals surface area contributed by atoms with Gasteiger partial charge in [0.15, 0.2) is 5.96 Å². The quantitative estimate of drug-likeness (QED) is 0.325. The monoisotopic (exact) mass is 370 g/mol. The van der Waals surface area contributed by atoms with E-state index in [1.54, 1.807) is 30.8 Å². The Morgan fingerprint density at radius 1 is 1.00 bits per heavy atom. The summed E-state index contributed by atoms with van der Waals surface area (Å²) in [5.74, 6) is 1.58. The van der Waals surface area contributed by atoms with E-state index in [0.717, 1.165) is 17.9 Å². The van der Waals surface area contributed by atoms with Crippen molar-refractivity contribution >= 4 is 23.6 Å². The van der Waals surface area contributed by atoms with Crippen molar-refractivity contribution in [3.8, 4) is 0 Å². The van der Waals surface area contributed by atoms with Gasteiger partial charge in [0.05, 0.1) is 13.1 Å². The third kappa shape index (κ3) is 7.61. The second-order valence-corrected chi connectivity index (χ2v) is 7.05. The molecular formula is C20H26N4OS. The lowest BCUT2D eigenvalue weighted by atomic mass is 10.2. The average molecular weight is 371 g/mol. The van der Waals surface area contributed by atoms with Gasteiger partial charge in [-0.05, 0) is 17.7 Å². The number of nitrogens with one attached hydrogen (secondary N) is 2. The molecule has 0 aromatic heterocycles. The van der Waals surface area contributed by atoms with E-state index in [4.69, 9.17) is 0 Å². The summed E-state index contributed by atoms with van der Waals surface area (Å²) in [5.41, 5.74) is 1.13. The number of amides is 1. The summed E-state index contributed by atoms with van der Waals surface area (Å²) in [6.45, 7) is 1.55. The molecule has 0 unspecified atom stereocenters. The van der Waals surface area contributed by atoms with Crippen molar-refractivity contribution in [2.75, 3.05) is 32.9 Å². The average Bonchev–Trinajstić information content (AvgIpc) is 2.67. The van der Waals surface area contributed by atoms with Crippen LogP contribution < -0.4 is 10.6 Å². The molecule has 2 N–H and O–H groups in total. The third-order valence-electron chi connectivity index (χ3n) is 3.57. The van der Waals surface area contributed by atoms with Crippen LogP contribution in [0.25, 0.3) is 0 Å². The highest BCUT2D eigenvalue weighted by atomic mass is 32.2. The molecule has 0 fully saturated rings. The molecule has 6 heteroatoms. The van der Waals surface area contributed by atoms with E-state index in [1.165, 1.54) is 4.90 Å². The molecule has 0 radical (unpaired) electrons. The Morgan fingerprint density at radius 3 is 2.31 bits per heavy atom. The van der Waals surface area contributed by atoms with Gasteiger partial charge in [-0.3, -0.25) is 4.79 Å². The molecular weight excluding hydrogens is 344 g/mol. The maximum atomic E-state index is 11.8. The van der Waals surface area contributed by atoms with Crippen molar-refractivity contribution in [2.45, 2.75) is 11.4 Å². The molecule has 0 atom stereocenters. The van der Waals surface area contributed by atoms with E-state index in [0.29, 0.717) is 12.5 Å². The number of likely N-dealkylation sites (N-methyl/N-ethyl adjacent to an activating group) is 1. The molecule has 0 saturated heterocycles. The van der Waals surface area contributed by atoms with Gasteiger partial charge in [-0.25, -0.2) is 4.99 Å². The highest BCUT2D eigenvalue weighted by molar-refractivity contribution is 7.99. The predicted octanol–water partition coefficient (Wildman–Crippen LogP) is 2.60. The number of carbonyl (C=O) groups is 1. The predicted molar refractivity (Wildman–Crippen MR) is 109 cm³/mol. The number of aliphatic imine (C=N–C) groups is 1. The second kappa shape index (κ2) is 11.2. The van der Waals surface area contributed by atoms with E-state index in [2.05, 4.69) is 27.8 Å². The van der Waals surface area contributed by atoms with E-state index in [-0.39, 0.29) is 12.5 Å². The van der Waals surface area contributed by atoms with Crippen molar-refractivity contribution in [1.29, 1.82) is 0 Å². The molecule has 138 valence electrons. The van der Waals surface area contributed by atoms with Crippen LogP contribution in [0.3, 0.4) is 0 Å². The molecule has 2 aromatic rings. The Bertz CT molecular complexity index is 689. The van der Waals surface area contributed by atoms with Crippen molar-refractivity contribution in [2.24, 2.45) is 4.99 Å². The zero-order valence-corrected chi connectivity index (χ0v) is 16.1. The number of rotatable bonds is 8. The number of thioether (sulfide) groups is 1. The molecule has 0 aliphatic rings. The number of carbonyl (C=O) groups excluding carboxylic acids is 1. The van der Waals surface area contributed by atoms with E-state index in [9.17, 15) is 4.79 Å². The largest absolute Gasteiger partial charge is 0.356 e. The third-order valence-corrected chi connectivity index (χ3v) is 4.59. The minimum absolute atomic E-state index is 0.0119. The van der Waals surface area contributed by atoms with Crippen molar-refractivity contribution in [3.63, 3.8) is 0 Å². The zero-order chi connectivity index (χ0) is 18.6. The summed E-state index contributed by atoms with van der Waals surface area (Å²) < 4.78 is 0. The lowest BCUT2D eigenvalue weighted by Gasteiger charge is -2.15. The van der Waals surface area contributed by atoms with E-state index < -0.39 is 0 Å². The van der Waals surface area contributed by atoms with Gasteiger partial charge >= 0.3 is 0 Å². The first kappa shape index (κ1) is 19.8. The van der Waals surface area contributed by atoms with Gasteiger partial charge in [0, 0.05) is 31.3 Å². The van der Waals surface area contributed by atoms with Gasteiger partial charge < -0.3 is 15.5 Å². The molecule has 0 spiro atoms. The fourth-order valence-electron chi connectivity index (χ4n) is 2.10. The number of benzene rings is 2. The van der Waals surface area contributed by atoms with Crippen LogP contribution in [0, 0.1) is 0 Å². The lowest BCUT2D eigenvalue weighted by Crippen LogP contribution is -2.43. The Hall–Kier alpha value is -2.47. The maximum absolute atomic E-state index is 11.8. The van der Waals surface area contributed by atoms with Crippen LogP contribution in [0.15, 0.2) is 70.6 Å². The van der Waals surface area contributed by atoms with Crippen LogP contribution in [0.5, 0.6) is 0 Å². The topological polar surface area (TPSA) is 56.7 Å². The summed E-state index contributed by atoms with van der Waals surface area (Å²) in [7, 11) is 3.49. The van der Waals surface area contributed by atoms with Gasteiger partial charge in [0.1, 0.15) is 0 Å². The first-order valence-electron chi connectivity index (χ1n) is 8.59. The van der Waals surface area contributed by atoms with Crippen molar-refractivity contribution in [3.05, 3.63) is 66.2 Å². The molecule has 0 saturated carbocycles. The molecule has 0 aliphatic heterocycles. The Balaban J connectivity index is 1.85. The Kier molecular flexibility index (Phi) is 8.55. The Labute approximate surface area is 159 Å². The highest BCUT2D eigenvalue weighted by Crippen LogP contribution is 2.15. The molecule has 0 heterocycles. The van der Waals surface area contributed by atoms with Crippen LogP contribution in [-0.4, -0.2) is 49.7 Å². The fraction of sp³-hybridized carbons (Fsp3) is 0.300. The molecule has 1 amide bonds. The standard InChI is InChI=1S/C20H26N4OS/c1-24(2)19(25)16-23-20(22-15-17-9-5-3-6-10-17)21-13-14-26-18-11-7-4-8-12-18/h3-12H,13-16H2,1-2H3,(H2,21,22,23). The van der Waals surface area contributed by atoms with Crippen molar-refractivity contribution in [1.82, 2.24) is 15.5 Å². The zero-order valence-electron chi connectivity index (χ0n) is 15.3. The van der Waals surface area contributed by atoms with Crippen LogP contribution in [0.1, 0.15) is 5.56 Å². The first-order chi connectivity index (χ1) is 12.6. The maximum Gasteiger partial charge on any atom is 0.241 e. The lowest BCUT2D eigenvalue weighted by molar-refractivity contribution is -0.127. The normalized spacial score (nSPS) is 11.1. The van der Waals surface area contributed by atoms with Crippen LogP contribution in [0.2, 0.25) is 0 Å². The summed E-state index contributed by atoms with van der Waals surface area (Å²) in [5, 5.41) is 6.41. The number of hydrogen-bond acceptors (Lipinski definition) is 3. The summed E-state index contributed by atoms with van der Waals surface area (Å²) in [6.07, 6.45) is 0. The SMILES string of the molecule is CN(C)C(=O)CNC(=NCc1ccccc1)NCCSc1ccccc1. The summed E-state index contributed by atoms with van der Waals surface area (Å²) in [6, 6.07) is 20.4. The van der Waals surface area contributed by atoms with Gasteiger partial charge in [-0.1, -0.05) is 48.5 Å². The first-order valence-corrected chi connectivity index (χ1v) is 9.58. The van der Waals surface area contributed by atoms with Crippen LogP contribution in [-0.2, 0) is 11.3 Å². The summed E-state index contributed by atoms with van der Waals surface area (Å²) >= 11 is 1.79. The van der Waals surface area contributed by atoms with Gasteiger partial charge in [0.2, 0.25) is 5.91 Å². The number of nitrogens with zero attached hydrogens (tertiary/aromatic N) is 2. The number of guanidine groups is 1. The molecule has 0 aliphatic carbocycles. The van der Waals surface area contributed by atoms with Crippen molar-refractivity contribution < 1.29 is 4.79 Å². The fourth-order valence-corrected chi connectivity index (χ4v) is 2.89. The van der Waals surface area contributed by atoms with E-state index >= 15 is 0 Å². The van der Waals surface area contributed by atoms with Gasteiger partial charge in [0.25, 0.3) is 0 Å². The molecule has 0 bridgehead atoms. The minimum Gasteiger partial charge on any atom is -0.356 e. The molecule has 2 rings (SSSR count). The summed E-state index contributed by atoms with van der Waals surface area (Å²) in [4.78, 5) is 19.2. The van der Waals surface area contributed by atoms with Gasteiger partial charge in [-0.2, -0.15) is 0 Å². The minimum atomic E-state index is 0.0119. The van der Waals surface area contributed by atoms with E-state index in [1.807, 2.05) is 48.5 Å².